The highest BCUT2D eigenvalue weighted by Crippen LogP contribution is 2.12. The van der Waals surface area contributed by atoms with Gasteiger partial charge in [-0.25, -0.2) is 0 Å². The zero-order chi connectivity index (χ0) is 10.4. The fourth-order valence-corrected chi connectivity index (χ4v) is 1.23. The van der Waals surface area contributed by atoms with Crippen LogP contribution in [0.3, 0.4) is 0 Å². The Morgan fingerprint density at radius 3 is 2.15 bits per heavy atom. The lowest BCUT2D eigenvalue weighted by Crippen LogP contribution is -2.27. The van der Waals surface area contributed by atoms with E-state index in [4.69, 9.17) is 5.73 Å². The summed E-state index contributed by atoms with van der Waals surface area (Å²) in [6.45, 7) is 5.61. The Labute approximate surface area is 79.7 Å². The van der Waals surface area contributed by atoms with Crippen molar-refractivity contribution >= 4 is 11.6 Å². The molecule has 3 heteroatoms. The standard InChI is InChI=1S/C10H19NO2/c1-7(2)10(13)9(6-11)5-4-8(3)12/h7,9H,4-6,11H2,1-3H3/t9-/m0/s1. The maximum absolute atomic E-state index is 11.5. The largest absolute Gasteiger partial charge is 0.330 e. The smallest absolute Gasteiger partial charge is 0.139 e. The van der Waals surface area contributed by atoms with Gasteiger partial charge in [-0.15, -0.1) is 0 Å². The number of carbonyl (C=O) groups excluding carboxylic acids is 2. The van der Waals surface area contributed by atoms with Crippen LogP contribution >= 0.6 is 0 Å². The summed E-state index contributed by atoms with van der Waals surface area (Å²) in [6, 6.07) is 0. The molecule has 0 radical (unpaired) electrons. The van der Waals surface area contributed by atoms with Crippen LogP contribution in [-0.4, -0.2) is 18.1 Å². The van der Waals surface area contributed by atoms with E-state index in [-0.39, 0.29) is 23.4 Å². The molecule has 0 aromatic rings. The zero-order valence-electron chi connectivity index (χ0n) is 8.67. The normalized spacial score (nSPS) is 13.0. The predicted molar refractivity (Wildman–Crippen MR) is 52.3 cm³/mol. The van der Waals surface area contributed by atoms with Crippen molar-refractivity contribution in [2.24, 2.45) is 17.6 Å². The van der Waals surface area contributed by atoms with E-state index in [9.17, 15) is 9.59 Å². The van der Waals surface area contributed by atoms with Gasteiger partial charge in [0.05, 0.1) is 0 Å². The van der Waals surface area contributed by atoms with Gasteiger partial charge in [-0.1, -0.05) is 13.8 Å². The molecule has 0 aliphatic carbocycles. The second-order valence-corrected chi connectivity index (χ2v) is 3.73. The van der Waals surface area contributed by atoms with Crippen molar-refractivity contribution in [2.45, 2.75) is 33.6 Å². The molecule has 0 aromatic heterocycles. The van der Waals surface area contributed by atoms with Crippen LogP contribution in [0.2, 0.25) is 0 Å². The van der Waals surface area contributed by atoms with Gasteiger partial charge in [0, 0.05) is 24.8 Å². The Bertz CT molecular complexity index is 187. The molecule has 0 fully saturated rings. The van der Waals surface area contributed by atoms with Crippen LogP contribution in [0.25, 0.3) is 0 Å². The first-order valence-electron chi connectivity index (χ1n) is 4.72. The van der Waals surface area contributed by atoms with E-state index in [0.717, 1.165) is 0 Å². The minimum atomic E-state index is -0.135. The van der Waals surface area contributed by atoms with Gasteiger partial charge in [0.1, 0.15) is 11.6 Å². The summed E-state index contributed by atoms with van der Waals surface area (Å²) in [4.78, 5) is 22.2. The van der Waals surface area contributed by atoms with Gasteiger partial charge in [-0.05, 0) is 13.3 Å². The molecule has 76 valence electrons. The second-order valence-electron chi connectivity index (χ2n) is 3.73. The Balaban J connectivity index is 4.02. The van der Waals surface area contributed by atoms with Crippen molar-refractivity contribution in [3.63, 3.8) is 0 Å². The van der Waals surface area contributed by atoms with Crippen molar-refractivity contribution in [3.8, 4) is 0 Å². The molecule has 0 spiro atoms. The van der Waals surface area contributed by atoms with Crippen LogP contribution in [0.4, 0.5) is 0 Å². The van der Waals surface area contributed by atoms with Gasteiger partial charge in [-0.2, -0.15) is 0 Å². The van der Waals surface area contributed by atoms with Gasteiger partial charge < -0.3 is 10.5 Å². The van der Waals surface area contributed by atoms with Crippen LogP contribution in [0.15, 0.2) is 0 Å². The SMILES string of the molecule is CC(=O)CC[C@@H](CN)C(=O)C(C)C. The summed E-state index contributed by atoms with van der Waals surface area (Å²) >= 11 is 0. The lowest BCUT2D eigenvalue weighted by molar-refractivity contribution is -0.126. The third kappa shape index (κ3) is 4.78. The molecule has 0 aromatic carbocycles. The Morgan fingerprint density at radius 2 is 1.85 bits per heavy atom. The third-order valence-corrected chi connectivity index (χ3v) is 2.10. The van der Waals surface area contributed by atoms with Crippen LogP contribution in [-0.2, 0) is 9.59 Å². The molecule has 0 bridgehead atoms. The molecule has 1 atom stereocenters. The van der Waals surface area contributed by atoms with Gasteiger partial charge in [0.15, 0.2) is 0 Å². The number of hydrogen-bond donors (Lipinski definition) is 1. The molecule has 2 N–H and O–H groups in total. The topological polar surface area (TPSA) is 60.2 Å². The van der Waals surface area contributed by atoms with E-state index >= 15 is 0 Å². The van der Waals surface area contributed by atoms with E-state index in [1.54, 1.807) is 0 Å². The van der Waals surface area contributed by atoms with Gasteiger partial charge in [0.2, 0.25) is 0 Å². The number of Topliss-reactive ketones (excluding diaryl/α,β-unsaturated/α-hetero) is 2. The molecular weight excluding hydrogens is 166 g/mol. The predicted octanol–water partition coefficient (Wildman–Crippen LogP) is 1.16. The molecular formula is C10H19NO2. The van der Waals surface area contributed by atoms with Crippen LogP contribution in [0, 0.1) is 11.8 Å². The summed E-state index contributed by atoms with van der Waals surface area (Å²) in [5.74, 6) is 0.170. The number of hydrogen-bond acceptors (Lipinski definition) is 3. The lowest BCUT2D eigenvalue weighted by Gasteiger charge is -2.14. The maximum atomic E-state index is 11.5. The third-order valence-electron chi connectivity index (χ3n) is 2.10. The highest BCUT2D eigenvalue weighted by atomic mass is 16.1. The quantitative estimate of drug-likeness (QED) is 0.675. The molecule has 13 heavy (non-hydrogen) atoms. The average molecular weight is 185 g/mol. The number of ketones is 2. The molecule has 0 unspecified atom stereocenters. The number of rotatable bonds is 6. The van der Waals surface area contributed by atoms with Crippen molar-refractivity contribution in [1.82, 2.24) is 0 Å². The van der Waals surface area contributed by atoms with E-state index in [1.165, 1.54) is 6.92 Å². The van der Waals surface area contributed by atoms with Gasteiger partial charge in [-0.3, -0.25) is 4.79 Å². The molecule has 0 aliphatic rings. The minimum absolute atomic E-state index is 0.0144. The van der Waals surface area contributed by atoms with E-state index < -0.39 is 0 Å². The fraction of sp³-hybridized carbons (Fsp3) is 0.800. The minimum Gasteiger partial charge on any atom is -0.330 e. The number of nitrogens with two attached hydrogens (primary N) is 1. The Kier molecular flexibility index (Phi) is 5.55. The molecule has 0 rings (SSSR count). The second kappa shape index (κ2) is 5.86. The van der Waals surface area contributed by atoms with Gasteiger partial charge >= 0.3 is 0 Å². The van der Waals surface area contributed by atoms with Crippen LogP contribution in [0.5, 0.6) is 0 Å². The summed E-state index contributed by atoms with van der Waals surface area (Å²) in [6.07, 6.45) is 1.06. The molecule has 0 saturated carbocycles. The van der Waals surface area contributed by atoms with Gasteiger partial charge in [0.25, 0.3) is 0 Å². The Morgan fingerprint density at radius 1 is 1.31 bits per heavy atom. The van der Waals surface area contributed by atoms with E-state index in [2.05, 4.69) is 0 Å². The summed E-state index contributed by atoms with van der Waals surface area (Å²) in [5, 5.41) is 0. The van der Waals surface area contributed by atoms with Crippen molar-refractivity contribution < 1.29 is 9.59 Å². The molecule has 3 nitrogen and oxygen atoms in total. The molecule has 0 amide bonds. The summed E-state index contributed by atoms with van der Waals surface area (Å²) < 4.78 is 0. The first-order chi connectivity index (χ1) is 5.99. The molecule has 0 saturated heterocycles. The van der Waals surface area contributed by atoms with E-state index in [1.807, 2.05) is 13.8 Å². The lowest BCUT2D eigenvalue weighted by atomic mass is 9.91. The van der Waals surface area contributed by atoms with Crippen LogP contribution in [0.1, 0.15) is 33.6 Å². The number of carbonyl (C=O) groups is 2. The average Bonchev–Trinajstić information content (AvgIpc) is 2.04. The first kappa shape index (κ1) is 12.3. The Hall–Kier alpha value is -0.700. The first-order valence-corrected chi connectivity index (χ1v) is 4.72. The monoisotopic (exact) mass is 185 g/mol. The summed E-state index contributed by atoms with van der Waals surface area (Å²) in [7, 11) is 0. The van der Waals surface area contributed by atoms with Crippen molar-refractivity contribution in [3.05, 3.63) is 0 Å². The maximum Gasteiger partial charge on any atom is 0.139 e. The molecule has 0 aliphatic heterocycles. The highest BCUT2D eigenvalue weighted by molar-refractivity contribution is 5.84. The van der Waals surface area contributed by atoms with E-state index in [0.29, 0.717) is 19.4 Å². The zero-order valence-corrected chi connectivity index (χ0v) is 8.67. The van der Waals surface area contributed by atoms with Crippen molar-refractivity contribution in [1.29, 1.82) is 0 Å². The van der Waals surface area contributed by atoms with Crippen molar-refractivity contribution in [2.75, 3.05) is 6.54 Å². The fourth-order valence-electron chi connectivity index (χ4n) is 1.23. The van der Waals surface area contributed by atoms with Crippen LogP contribution < -0.4 is 5.73 Å². The highest BCUT2D eigenvalue weighted by Gasteiger charge is 2.19. The molecule has 0 heterocycles. The summed E-state index contributed by atoms with van der Waals surface area (Å²) in [5.41, 5.74) is 5.47.